The highest BCUT2D eigenvalue weighted by Gasteiger charge is 2.49. The summed E-state index contributed by atoms with van der Waals surface area (Å²) in [6.45, 7) is 0. The molecule has 0 radical (unpaired) electrons. The molecule has 0 aromatic heterocycles. The summed E-state index contributed by atoms with van der Waals surface area (Å²) in [5, 5.41) is 2.77. The fourth-order valence-electron chi connectivity index (χ4n) is 3.40. The molecule has 24 heavy (non-hydrogen) atoms. The zero-order valence-corrected chi connectivity index (χ0v) is 13.7. The van der Waals surface area contributed by atoms with Gasteiger partial charge in [0, 0.05) is 11.4 Å². The minimum atomic E-state index is -3.09. The van der Waals surface area contributed by atoms with Gasteiger partial charge in [0.1, 0.15) is 0 Å². The molecular weight excluding hydrogens is 326 g/mol. The monoisotopic (exact) mass is 343 g/mol. The van der Waals surface area contributed by atoms with Crippen LogP contribution in [0.1, 0.15) is 0 Å². The van der Waals surface area contributed by atoms with Gasteiger partial charge in [0.15, 0.2) is 9.84 Å². The second-order valence-corrected chi connectivity index (χ2v) is 8.39. The predicted molar refractivity (Wildman–Crippen MR) is 93.5 cm³/mol. The lowest BCUT2D eigenvalue weighted by molar-refractivity contribution is 0.251. The number of nitrogens with zero attached hydrogens (tertiary/aromatic N) is 1. The van der Waals surface area contributed by atoms with Crippen LogP contribution in [0.4, 0.5) is 16.2 Å². The van der Waals surface area contributed by atoms with E-state index >= 15 is 0 Å². The van der Waals surface area contributed by atoms with Gasteiger partial charge in [-0.2, -0.15) is 0 Å². The third kappa shape index (κ3) is 2.50. The molecule has 0 spiro atoms. The van der Waals surface area contributed by atoms with Crippen molar-refractivity contribution in [2.45, 2.75) is 12.1 Å². The first-order valence-corrected chi connectivity index (χ1v) is 9.51. The number of carbonyl (C=O) groups excluding carboxylic acids is 1. The standard InChI is InChI=1S/C17H17N3O3S/c18-13-5-1-11(2-6-13)12-3-7-14(8-4-12)20-16-10-24(22,23)9-15(16)19-17(20)21/h1-8,15-16H,9-10,18H2,(H,19,21)/t15-,16-/m0/s1. The first-order valence-electron chi connectivity index (χ1n) is 7.69. The van der Waals surface area contributed by atoms with E-state index in [1.807, 2.05) is 48.5 Å². The zero-order chi connectivity index (χ0) is 16.9. The van der Waals surface area contributed by atoms with E-state index in [9.17, 15) is 13.2 Å². The van der Waals surface area contributed by atoms with Crippen molar-refractivity contribution in [3.63, 3.8) is 0 Å². The number of urea groups is 1. The van der Waals surface area contributed by atoms with Gasteiger partial charge in [0.2, 0.25) is 0 Å². The molecule has 2 heterocycles. The van der Waals surface area contributed by atoms with Crippen molar-refractivity contribution in [2.24, 2.45) is 0 Å². The van der Waals surface area contributed by atoms with Crippen LogP contribution in [0, 0.1) is 0 Å². The Kier molecular flexibility index (Phi) is 3.28. The Morgan fingerprint density at radius 1 is 0.958 bits per heavy atom. The van der Waals surface area contributed by atoms with E-state index in [4.69, 9.17) is 5.73 Å². The number of hydrogen-bond donors (Lipinski definition) is 2. The van der Waals surface area contributed by atoms with E-state index in [1.165, 1.54) is 0 Å². The van der Waals surface area contributed by atoms with E-state index in [0.29, 0.717) is 11.4 Å². The molecule has 2 fully saturated rings. The largest absolute Gasteiger partial charge is 0.399 e. The van der Waals surface area contributed by atoms with Crippen LogP contribution in [0.2, 0.25) is 0 Å². The van der Waals surface area contributed by atoms with Crippen LogP contribution in [-0.4, -0.2) is 38.0 Å². The molecule has 2 amide bonds. The minimum Gasteiger partial charge on any atom is -0.399 e. The Hall–Kier alpha value is -2.54. The quantitative estimate of drug-likeness (QED) is 0.640. The summed E-state index contributed by atoms with van der Waals surface area (Å²) in [5.74, 6) is 0.0273. The highest BCUT2D eigenvalue weighted by Crippen LogP contribution is 2.31. The predicted octanol–water partition coefficient (Wildman–Crippen LogP) is 1.63. The van der Waals surface area contributed by atoms with Crippen LogP contribution in [0.5, 0.6) is 0 Å². The second kappa shape index (κ2) is 5.24. The van der Waals surface area contributed by atoms with Gasteiger partial charge >= 0.3 is 6.03 Å². The van der Waals surface area contributed by atoms with Gasteiger partial charge in [-0.1, -0.05) is 24.3 Å². The molecular formula is C17H17N3O3S. The van der Waals surface area contributed by atoms with Gasteiger partial charge in [-0.05, 0) is 35.4 Å². The summed E-state index contributed by atoms with van der Waals surface area (Å²) in [4.78, 5) is 13.8. The fourth-order valence-corrected chi connectivity index (χ4v) is 5.29. The summed E-state index contributed by atoms with van der Waals surface area (Å²) in [5.41, 5.74) is 9.15. The number of anilines is 2. The zero-order valence-electron chi connectivity index (χ0n) is 12.8. The molecule has 2 aromatic rings. The van der Waals surface area contributed by atoms with Crippen LogP contribution in [0.25, 0.3) is 11.1 Å². The van der Waals surface area contributed by atoms with E-state index < -0.39 is 9.84 Å². The Bertz CT molecular complexity index is 892. The summed E-state index contributed by atoms with van der Waals surface area (Å²) in [6.07, 6.45) is 0. The van der Waals surface area contributed by atoms with Crippen LogP contribution in [-0.2, 0) is 9.84 Å². The molecule has 0 bridgehead atoms. The molecule has 2 aromatic carbocycles. The molecule has 0 aliphatic carbocycles. The van der Waals surface area contributed by atoms with Crippen LogP contribution < -0.4 is 16.0 Å². The molecule has 2 atom stereocenters. The number of nitrogens with one attached hydrogen (secondary N) is 1. The third-order valence-electron chi connectivity index (χ3n) is 4.57. The molecule has 2 aliphatic heterocycles. The topological polar surface area (TPSA) is 92.5 Å². The number of carbonyl (C=O) groups is 1. The fraction of sp³-hybridized carbons (Fsp3) is 0.235. The number of nitrogens with two attached hydrogens (primary N) is 1. The highest BCUT2D eigenvalue weighted by atomic mass is 32.2. The molecule has 124 valence electrons. The van der Waals surface area contributed by atoms with Crippen LogP contribution >= 0.6 is 0 Å². The Labute approximate surface area is 140 Å². The molecule has 3 N–H and O–H groups in total. The lowest BCUT2D eigenvalue weighted by Crippen LogP contribution is -2.36. The number of rotatable bonds is 2. The maximum absolute atomic E-state index is 12.2. The van der Waals surface area contributed by atoms with E-state index in [-0.39, 0.29) is 29.6 Å². The average molecular weight is 343 g/mol. The van der Waals surface area contributed by atoms with Gasteiger partial charge in [-0.25, -0.2) is 13.2 Å². The summed E-state index contributed by atoms with van der Waals surface area (Å²) in [7, 11) is -3.09. The number of benzene rings is 2. The third-order valence-corrected chi connectivity index (χ3v) is 6.29. The molecule has 4 rings (SSSR count). The number of hydrogen-bond acceptors (Lipinski definition) is 4. The van der Waals surface area contributed by atoms with Gasteiger partial charge < -0.3 is 11.1 Å². The van der Waals surface area contributed by atoms with Crippen molar-refractivity contribution in [1.82, 2.24) is 5.32 Å². The molecule has 2 aliphatic rings. The lowest BCUT2D eigenvalue weighted by atomic mass is 10.0. The number of sulfone groups is 1. The first-order chi connectivity index (χ1) is 11.4. The van der Waals surface area contributed by atoms with Crippen LogP contribution in [0.15, 0.2) is 48.5 Å². The van der Waals surface area contributed by atoms with Crippen molar-refractivity contribution < 1.29 is 13.2 Å². The van der Waals surface area contributed by atoms with Crippen molar-refractivity contribution in [2.75, 3.05) is 22.1 Å². The van der Waals surface area contributed by atoms with Gasteiger partial charge in [0.05, 0.1) is 23.6 Å². The van der Waals surface area contributed by atoms with Crippen molar-refractivity contribution in [3.05, 3.63) is 48.5 Å². The maximum Gasteiger partial charge on any atom is 0.322 e. The summed E-state index contributed by atoms with van der Waals surface area (Å²) >= 11 is 0. The number of fused-ring (bicyclic) bond motifs is 1. The van der Waals surface area contributed by atoms with Crippen molar-refractivity contribution in [3.8, 4) is 11.1 Å². The average Bonchev–Trinajstić information content (AvgIpc) is 2.98. The van der Waals surface area contributed by atoms with E-state index in [2.05, 4.69) is 5.32 Å². The Morgan fingerprint density at radius 3 is 2.17 bits per heavy atom. The molecule has 6 nitrogen and oxygen atoms in total. The van der Waals surface area contributed by atoms with E-state index in [0.717, 1.165) is 11.1 Å². The van der Waals surface area contributed by atoms with Gasteiger partial charge in [-0.15, -0.1) is 0 Å². The molecule has 0 saturated carbocycles. The summed E-state index contributed by atoms with van der Waals surface area (Å²) in [6, 6.07) is 14.2. The summed E-state index contributed by atoms with van der Waals surface area (Å²) < 4.78 is 23.6. The first kappa shape index (κ1) is 15.0. The van der Waals surface area contributed by atoms with E-state index in [1.54, 1.807) is 4.90 Å². The van der Waals surface area contributed by atoms with Crippen molar-refractivity contribution >= 4 is 27.2 Å². The van der Waals surface area contributed by atoms with Gasteiger partial charge in [0.25, 0.3) is 0 Å². The lowest BCUT2D eigenvalue weighted by Gasteiger charge is -2.21. The molecule has 0 unspecified atom stereocenters. The SMILES string of the molecule is Nc1ccc(-c2ccc(N3C(=O)N[C@H]4CS(=O)(=O)C[C@@H]43)cc2)cc1. The Balaban J connectivity index is 1.63. The smallest absolute Gasteiger partial charge is 0.322 e. The minimum absolute atomic E-state index is 0.0100. The normalized spacial score (nSPS) is 24.7. The van der Waals surface area contributed by atoms with Crippen LogP contribution in [0.3, 0.4) is 0 Å². The van der Waals surface area contributed by atoms with Gasteiger partial charge in [-0.3, -0.25) is 4.90 Å². The highest BCUT2D eigenvalue weighted by molar-refractivity contribution is 7.91. The van der Waals surface area contributed by atoms with Crippen molar-refractivity contribution in [1.29, 1.82) is 0 Å². The maximum atomic E-state index is 12.2. The number of amides is 2. The number of nitrogen functional groups attached to an aromatic ring is 1. The molecule has 2 saturated heterocycles. The second-order valence-electron chi connectivity index (χ2n) is 6.24. The molecule has 7 heteroatoms. The Morgan fingerprint density at radius 2 is 1.54 bits per heavy atom.